The van der Waals surface area contributed by atoms with Crippen molar-refractivity contribution in [2.75, 3.05) is 39.4 Å². The fraction of sp³-hybridized carbons (Fsp3) is 0.455. The summed E-state index contributed by atoms with van der Waals surface area (Å²) in [6.07, 6.45) is 2.76. The summed E-state index contributed by atoms with van der Waals surface area (Å²) in [6.45, 7) is 10.2. The first-order valence-corrected chi connectivity index (χ1v) is 10.1. The fourth-order valence-electron chi connectivity index (χ4n) is 3.08. The van der Waals surface area contributed by atoms with Crippen LogP contribution in [0.4, 0.5) is 0 Å². The van der Waals surface area contributed by atoms with Crippen molar-refractivity contribution in [1.82, 2.24) is 15.2 Å². The number of hydrogen-bond donors (Lipinski definition) is 2. The molecule has 1 aromatic carbocycles. The number of benzene rings is 1. The van der Waals surface area contributed by atoms with Gasteiger partial charge in [0.15, 0.2) is 5.96 Å². The SMILES string of the molecule is Cc1ccc(Oc2cc(CN=C(N)NCCCN3CCOCC3)ccn2)cc1C. The first kappa shape index (κ1) is 21.1. The quantitative estimate of drug-likeness (QED) is 0.405. The molecule has 7 heteroatoms. The highest BCUT2D eigenvalue weighted by Crippen LogP contribution is 2.22. The first-order valence-electron chi connectivity index (χ1n) is 10.1. The Morgan fingerprint density at radius 1 is 1.21 bits per heavy atom. The number of pyridine rings is 1. The van der Waals surface area contributed by atoms with Gasteiger partial charge in [-0.1, -0.05) is 6.07 Å². The van der Waals surface area contributed by atoms with Crippen LogP contribution in [0.5, 0.6) is 11.6 Å². The van der Waals surface area contributed by atoms with E-state index in [-0.39, 0.29) is 0 Å². The minimum atomic E-state index is 0.459. The Labute approximate surface area is 172 Å². The van der Waals surface area contributed by atoms with E-state index in [9.17, 15) is 0 Å². The largest absolute Gasteiger partial charge is 0.439 e. The van der Waals surface area contributed by atoms with Crippen LogP contribution in [0, 0.1) is 13.8 Å². The van der Waals surface area contributed by atoms with E-state index in [0.29, 0.717) is 18.4 Å². The number of aliphatic imine (C=N–C) groups is 1. The average molecular weight is 398 g/mol. The Morgan fingerprint density at radius 3 is 2.83 bits per heavy atom. The summed E-state index contributed by atoms with van der Waals surface area (Å²) in [6, 6.07) is 9.82. The standard InChI is InChI=1S/C22H31N5O2/c1-17-4-5-20(14-18(17)2)29-21-15-19(6-8-24-21)16-26-22(23)25-7-3-9-27-10-12-28-13-11-27/h4-6,8,14-15H,3,7,9-13,16H2,1-2H3,(H3,23,25,26). The number of nitrogens with zero attached hydrogens (tertiary/aromatic N) is 3. The summed E-state index contributed by atoms with van der Waals surface area (Å²) in [4.78, 5) is 11.1. The second-order valence-electron chi connectivity index (χ2n) is 7.29. The predicted molar refractivity (Wildman–Crippen MR) is 115 cm³/mol. The highest BCUT2D eigenvalue weighted by molar-refractivity contribution is 5.77. The third kappa shape index (κ3) is 7.03. The number of guanidine groups is 1. The summed E-state index contributed by atoms with van der Waals surface area (Å²) in [5, 5.41) is 3.18. The molecule has 3 N–H and O–H groups in total. The average Bonchev–Trinajstić information content (AvgIpc) is 2.73. The number of ether oxygens (including phenoxy) is 2. The minimum Gasteiger partial charge on any atom is -0.439 e. The molecule has 3 rings (SSSR count). The van der Waals surface area contributed by atoms with Gasteiger partial charge in [-0.2, -0.15) is 0 Å². The van der Waals surface area contributed by atoms with Crippen molar-refractivity contribution in [2.45, 2.75) is 26.8 Å². The van der Waals surface area contributed by atoms with Crippen LogP contribution < -0.4 is 15.8 Å². The van der Waals surface area contributed by atoms with Gasteiger partial charge in [-0.3, -0.25) is 4.90 Å². The number of nitrogens with one attached hydrogen (secondary N) is 1. The Hall–Kier alpha value is -2.64. The van der Waals surface area contributed by atoms with E-state index < -0.39 is 0 Å². The Balaban J connectivity index is 1.44. The molecule has 2 heterocycles. The molecule has 1 aliphatic rings. The van der Waals surface area contributed by atoms with Crippen LogP contribution >= 0.6 is 0 Å². The van der Waals surface area contributed by atoms with Gasteiger partial charge in [0.05, 0.1) is 19.8 Å². The van der Waals surface area contributed by atoms with Crippen LogP contribution in [0.3, 0.4) is 0 Å². The zero-order chi connectivity index (χ0) is 20.5. The van der Waals surface area contributed by atoms with Crippen molar-refractivity contribution in [3.63, 3.8) is 0 Å². The third-order valence-corrected chi connectivity index (χ3v) is 4.99. The van der Waals surface area contributed by atoms with Crippen LogP contribution in [0.15, 0.2) is 41.5 Å². The topological polar surface area (TPSA) is 85.0 Å². The zero-order valence-electron chi connectivity index (χ0n) is 17.4. The summed E-state index contributed by atoms with van der Waals surface area (Å²) < 4.78 is 11.2. The van der Waals surface area contributed by atoms with Crippen LogP contribution in [-0.4, -0.2) is 55.2 Å². The second kappa shape index (κ2) is 10.8. The Kier molecular flexibility index (Phi) is 7.84. The molecule has 0 radical (unpaired) electrons. The number of hydrogen-bond acceptors (Lipinski definition) is 5. The van der Waals surface area contributed by atoms with Crippen molar-refractivity contribution >= 4 is 5.96 Å². The third-order valence-electron chi connectivity index (χ3n) is 4.99. The molecule has 156 valence electrons. The van der Waals surface area contributed by atoms with E-state index in [4.69, 9.17) is 15.2 Å². The Bertz CT molecular complexity index is 819. The molecule has 1 fully saturated rings. The zero-order valence-corrected chi connectivity index (χ0v) is 17.4. The molecule has 0 bridgehead atoms. The van der Waals surface area contributed by atoms with Crippen molar-refractivity contribution in [3.05, 3.63) is 53.2 Å². The van der Waals surface area contributed by atoms with Crippen LogP contribution in [0.2, 0.25) is 0 Å². The number of aromatic nitrogens is 1. The molecule has 0 spiro atoms. The van der Waals surface area contributed by atoms with Crippen LogP contribution in [0.25, 0.3) is 0 Å². The van der Waals surface area contributed by atoms with E-state index >= 15 is 0 Å². The van der Waals surface area contributed by atoms with Gasteiger partial charge < -0.3 is 20.5 Å². The van der Waals surface area contributed by atoms with Gasteiger partial charge in [-0.15, -0.1) is 0 Å². The number of aryl methyl sites for hydroxylation is 2. The molecule has 7 nitrogen and oxygen atoms in total. The molecule has 2 aromatic rings. The Morgan fingerprint density at radius 2 is 2.03 bits per heavy atom. The highest BCUT2D eigenvalue weighted by atomic mass is 16.5. The van der Waals surface area contributed by atoms with Crippen LogP contribution in [0.1, 0.15) is 23.1 Å². The second-order valence-corrected chi connectivity index (χ2v) is 7.29. The lowest BCUT2D eigenvalue weighted by molar-refractivity contribution is 0.0376. The lowest BCUT2D eigenvalue weighted by Gasteiger charge is -2.26. The molecule has 0 amide bonds. The number of morpholine rings is 1. The van der Waals surface area contributed by atoms with Crippen LogP contribution in [-0.2, 0) is 11.3 Å². The maximum atomic E-state index is 5.99. The number of nitrogens with two attached hydrogens (primary N) is 1. The van der Waals surface area contributed by atoms with Gasteiger partial charge in [-0.25, -0.2) is 9.98 Å². The molecule has 0 unspecified atom stereocenters. The van der Waals surface area contributed by atoms with Crippen molar-refractivity contribution < 1.29 is 9.47 Å². The maximum absolute atomic E-state index is 5.99. The van der Waals surface area contributed by atoms with E-state index in [1.54, 1.807) is 6.20 Å². The smallest absolute Gasteiger partial charge is 0.219 e. The van der Waals surface area contributed by atoms with Gasteiger partial charge in [0.2, 0.25) is 5.88 Å². The minimum absolute atomic E-state index is 0.459. The molecule has 0 atom stereocenters. The summed E-state index contributed by atoms with van der Waals surface area (Å²) in [5.74, 6) is 1.79. The molecule has 29 heavy (non-hydrogen) atoms. The highest BCUT2D eigenvalue weighted by Gasteiger charge is 2.09. The monoisotopic (exact) mass is 397 g/mol. The van der Waals surface area contributed by atoms with E-state index in [1.807, 2.05) is 30.3 Å². The van der Waals surface area contributed by atoms with Gasteiger partial charge in [0.1, 0.15) is 5.75 Å². The van der Waals surface area contributed by atoms with E-state index in [0.717, 1.165) is 57.1 Å². The normalized spacial score (nSPS) is 15.3. The van der Waals surface area contributed by atoms with Gasteiger partial charge in [0, 0.05) is 31.9 Å². The van der Waals surface area contributed by atoms with Gasteiger partial charge in [0.25, 0.3) is 0 Å². The predicted octanol–water partition coefficient (Wildman–Crippen LogP) is 2.62. The van der Waals surface area contributed by atoms with Crippen molar-refractivity contribution in [3.8, 4) is 11.6 Å². The molecular weight excluding hydrogens is 366 g/mol. The van der Waals surface area contributed by atoms with Crippen molar-refractivity contribution in [2.24, 2.45) is 10.7 Å². The lowest BCUT2D eigenvalue weighted by Crippen LogP contribution is -2.39. The fourth-order valence-corrected chi connectivity index (χ4v) is 3.08. The summed E-state index contributed by atoms with van der Waals surface area (Å²) in [7, 11) is 0. The maximum Gasteiger partial charge on any atom is 0.219 e. The summed E-state index contributed by atoms with van der Waals surface area (Å²) >= 11 is 0. The first-order chi connectivity index (χ1) is 14.1. The summed E-state index contributed by atoms with van der Waals surface area (Å²) in [5.41, 5.74) is 9.42. The molecule has 1 aliphatic heterocycles. The van der Waals surface area contributed by atoms with E-state index in [1.165, 1.54) is 11.1 Å². The molecule has 0 saturated carbocycles. The molecular formula is C22H31N5O2. The van der Waals surface area contributed by atoms with Gasteiger partial charge >= 0.3 is 0 Å². The van der Waals surface area contributed by atoms with Gasteiger partial charge in [-0.05, 0) is 61.7 Å². The number of rotatable bonds is 8. The molecule has 0 aliphatic carbocycles. The van der Waals surface area contributed by atoms with E-state index in [2.05, 4.69) is 34.0 Å². The molecule has 1 saturated heterocycles. The lowest BCUT2D eigenvalue weighted by atomic mass is 10.1. The molecule has 1 aromatic heterocycles. The van der Waals surface area contributed by atoms with Crippen molar-refractivity contribution in [1.29, 1.82) is 0 Å².